The standard InChI is InChI=1S/C21H22N2O2S/c1-13-5-6-16-11-14(2)21(23-20(16)15(13)3)26-12-19(24)22-17-7-9-18(25-4)10-8-17/h5-11H,12H2,1-4H3,(H,22,24). The van der Waals surface area contributed by atoms with Crippen LogP contribution in [0.25, 0.3) is 10.9 Å². The number of hydrogen-bond donors (Lipinski definition) is 1. The summed E-state index contributed by atoms with van der Waals surface area (Å²) in [7, 11) is 1.62. The zero-order chi connectivity index (χ0) is 18.7. The maximum absolute atomic E-state index is 12.2. The van der Waals surface area contributed by atoms with Crippen LogP contribution in [-0.4, -0.2) is 23.8 Å². The SMILES string of the molecule is COc1ccc(NC(=O)CSc2nc3c(C)c(C)ccc3cc2C)cc1. The molecule has 3 rings (SSSR count). The van der Waals surface area contributed by atoms with Gasteiger partial charge in [0.05, 0.1) is 18.4 Å². The summed E-state index contributed by atoms with van der Waals surface area (Å²) in [5.74, 6) is 1.03. The van der Waals surface area contributed by atoms with E-state index in [-0.39, 0.29) is 5.91 Å². The monoisotopic (exact) mass is 366 g/mol. The molecule has 0 radical (unpaired) electrons. The zero-order valence-electron chi connectivity index (χ0n) is 15.4. The summed E-state index contributed by atoms with van der Waals surface area (Å²) in [5, 5.41) is 4.93. The average molecular weight is 366 g/mol. The first kappa shape index (κ1) is 18.3. The number of nitrogens with one attached hydrogen (secondary N) is 1. The number of carbonyl (C=O) groups is 1. The van der Waals surface area contributed by atoms with Gasteiger partial charge in [-0.1, -0.05) is 23.9 Å². The maximum atomic E-state index is 12.2. The molecule has 1 N–H and O–H groups in total. The summed E-state index contributed by atoms with van der Waals surface area (Å²) in [6.07, 6.45) is 0. The molecule has 0 aliphatic carbocycles. The lowest BCUT2D eigenvalue weighted by atomic mass is 10.0. The Balaban J connectivity index is 1.71. The smallest absolute Gasteiger partial charge is 0.234 e. The molecule has 1 aromatic heterocycles. The lowest BCUT2D eigenvalue weighted by molar-refractivity contribution is -0.113. The minimum Gasteiger partial charge on any atom is -0.497 e. The number of aromatic nitrogens is 1. The fourth-order valence-electron chi connectivity index (χ4n) is 2.72. The number of ether oxygens (including phenoxy) is 1. The maximum Gasteiger partial charge on any atom is 0.234 e. The summed E-state index contributed by atoms with van der Waals surface area (Å²) in [5.41, 5.74) is 5.26. The lowest BCUT2D eigenvalue weighted by Crippen LogP contribution is -2.14. The molecular formula is C21H22N2O2S. The molecule has 0 saturated heterocycles. The van der Waals surface area contributed by atoms with Crippen LogP contribution < -0.4 is 10.1 Å². The summed E-state index contributed by atoms with van der Waals surface area (Å²) in [4.78, 5) is 17.0. The molecule has 0 aliphatic rings. The van der Waals surface area contributed by atoms with Crippen LogP contribution in [-0.2, 0) is 4.79 Å². The number of methoxy groups -OCH3 is 1. The van der Waals surface area contributed by atoms with Crippen LogP contribution in [0.15, 0.2) is 47.5 Å². The van der Waals surface area contributed by atoms with E-state index >= 15 is 0 Å². The van der Waals surface area contributed by atoms with Crippen molar-refractivity contribution in [2.75, 3.05) is 18.2 Å². The van der Waals surface area contributed by atoms with Crippen LogP contribution in [0.1, 0.15) is 16.7 Å². The van der Waals surface area contributed by atoms with Gasteiger partial charge in [0.15, 0.2) is 0 Å². The van der Waals surface area contributed by atoms with Crippen molar-refractivity contribution < 1.29 is 9.53 Å². The molecule has 1 amide bonds. The first-order chi connectivity index (χ1) is 12.5. The number of rotatable bonds is 5. The van der Waals surface area contributed by atoms with E-state index in [1.807, 2.05) is 31.2 Å². The van der Waals surface area contributed by atoms with Crippen LogP contribution >= 0.6 is 11.8 Å². The van der Waals surface area contributed by atoms with Gasteiger partial charge in [0.2, 0.25) is 5.91 Å². The Bertz CT molecular complexity index is 952. The molecule has 0 spiro atoms. The fourth-order valence-corrected chi connectivity index (χ4v) is 3.51. The highest BCUT2D eigenvalue weighted by Gasteiger charge is 2.10. The van der Waals surface area contributed by atoms with Crippen molar-refractivity contribution in [2.24, 2.45) is 0 Å². The highest BCUT2D eigenvalue weighted by Crippen LogP contribution is 2.27. The van der Waals surface area contributed by atoms with Gasteiger partial charge in [-0.2, -0.15) is 0 Å². The third-order valence-corrected chi connectivity index (χ3v) is 5.46. The van der Waals surface area contributed by atoms with E-state index in [9.17, 15) is 4.79 Å². The van der Waals surface area contributed by atoms with Crippen LogP contribution in [0.2, 0.25) is 0 Å². The minimum absolute atomic E-state index is 0.0533. The Morgan fingerprint density at radius 2 is 1.81 bits per heavy atom. The first-order valence-electron chi connectivity index (χ1n) is 8.42. The van der Waals surface area contributed by atoms with E-state index in [1.165, 1.54) is 22.9 Å². The van der Waals surface area contributed by atoms with Crippen LogP contribution in [0.5, 0.6) is 5.75 Å². The van der Waals surface area contributed by atoms with Gasteiger partial charge in [-0.3, -0.25) is 4.79 Å². The van der Waals surface area contributed by atoms with E-state index in [4.69, 9.17) is 9.72 Å². The number of thioether (sulfide) groups is 1. The Hall–Kier alpha value is -2.53. The van der Waals surface area contributed by atoms with Gasteiger partial charge in [0.25, 0.3) is 0 Å². The molecule has 1 heterocycles. The van der Waals surface area contributed by atoms with Gasteiger partial charge in [-0.25, -0.2) is 4.98 Å². The summed E-state index contributed by atoms with van der Waals surface area (Å²) < 4.78 is 5.12. The highest BCUT2D eigenvalue weighted by molar-refractivity contribution is 8.00. The first-order valence-corrected chi connectivity index (χ1v) is 9.41. The molecule has 0 atom stereocenters. The molecule has 134 valence electrons. The van der Waals surface area contributed by atoms with Crippen molar-refractivity contribution in [2.45, 2.75) is 25.8 Å². The highest BCUT2D eigenvalue weighted by atomic mass is 32.2. The van der Waals surface area contributed by atoms with Crippen molar-refractivity contribution in [3.8, 4) is 5.75 Å². The second kappa shape index (κ2) is 7.79. The molecule has 0 bridgehead atoms. The van der Waals surface area contributed by atoms with E-state index in [1.54, 1.807) is 7.11 Å². The fraction of sp³-hybridized carbons (Fsp3) is 0.238. The van der Waals surface area contributed by atoms with Gasteiger partial charge >= 0.3 is 0 Å². The third kappa shape index (κ3) is 3.99. The molecule has 2 aromatic carbocycles. The van der Waals surface area contributed by atoms with Crippen molar-refractivity contribution in [3.05, 3.63) is 59.2 Å². The van der Waals surface area contributed by atoms with Gasteiger partial charge in [0.1, 0.15) is 10.8 Å². The Kier molecular flexibility index (Phi) is 5.47. The summed E-state index contributed by atoms with van der Waals surface area (Å²) in [6, 6.07) is 13.7. The molecule has 0 saturated carbocycles. The predicted octanol–water partition coefficient (Wildman–Crippen LogP) is 4.90. The molecule has 5 heteroatoms. The third-order valence-electron chi connectivity index (χ3n) is 4.37. The van der Waals surface area contributed by atoms with Crippen molar-refractivity contribution in [3.63, 3.8) is 0 Å². The van der Waals surface area contributed by atoms with E-state index in [2.05, 4.69) is 37.4 Å². The summed E-state index contributed by atoms with van der Waals surface area (Å²) in [6.45, 7) is 6.21. The van der Waals surface area contributed by atoms with E-state index in [0.717, 1.165) is 32.9 Å². The Morgan fingerprint density at radius 1 is 1.08 bits per heavy atom. The van der Waals surface area contributed by atoms with Crippen LogP contribution in [0.3, 0.4) is 0 Å². The molecule has 3 aromatic rings. The Morgan fingerprint density at radius 3 is 2.50 bits per heavy atom. The van der Waals surface area contributed by atoms with Crippen LogP contribution in [0.4, 0.5) is 5.69 Å². The molecule has 0 fully saturated rings. The van der Waals surface area contributed by atoms with Gasteiger partial charge in [-0.05, 0) is 67.8 Å². The number of pyridine rings is 1. The molecule has 26 heavy (non-hydrogen) atoms. The number of fused-ring (bicyclic) bond motifs is 1. The lowest BCUT2D eigenvalue weighted by Gasteiger charge is -2.10. The molecule has 0 unspecified atom stereocenters. The van der Waals surface area contributed by atoms with Gasteiger partial charge < -0.3 is 10.1 Å². The zero-order valence-corrected chi connectivity index (χ0v) is 16.2. The molecule has 4 nitrogen and oxygen atoms in total. The number of anilines is 1. The number of hydrogen-bond acceptors (Lipinski definition) is 4. The van der Waals surface area contributed by atoms with Crippen molar-refractivity contribution >= 4 is 34.3 Å². The quantitative estimate of drug-likeness (QED) is 0.653. The number of aryl methyl sites for hydroxylation is 3. The number of benzene rings is 2. The largest absolute Gasteiger partial charge is 0.497 e. The number of carbonyl (C=O) groups excluding carboxylic acids is 1. The normalized spacial score (nSPS) is 10.8. The topological polar surface area (TPSA) is 51.2 Å². The van der Waals surface area contributed by atoms with Gasteiger partial charge in [-0.15, -0.1) is 0 Å². The average Bonchev–Trinajstić information content (AvgIpc) is 2.64. The molecular weight excluding hydrogens is 344 g/mol. The van der Waals surface area contributed by atoms with Crippen LogP contribution in [0, 0.1) is 20.8 Å². The van der Waals surface area contributed by atoms with E-state index < -0.39 is 0 Å². The predicted molar refractivity (Wildman–Crippen MR) is 108 cm³/mol. The van der Waals surface area contributed by atoms with Crippen molar-refractivity contribution in [1.29, 1.82) is 0 Å². The second-order valence-electron chi connectivity index (χ2n) is 6.25. The van der Waals surface area contributed by atoms with E-state index in [0.29, 0.717) is 5.75 Å². The Labute approximate surface area is 158 Å². The van der Waals surface area contributed by atoms with Gasteiger partial charge in [0, 0.05) is 11.1 Å². The minimum atomic E-state index is -0.0533. The number of nitrogens with zero attached hydrogens (tertiary/aromatic N) is 1. The van der Waals surface area contributed by atoms with Crippen molar-refractivity contribution in [1.82, 2.24) is 4.98 Å². The second-order valence-corrected chi connectivity index (χ2v) is 7.22. The summed E-state index contributed by atoms with van der Waals surface area (Å²) >= 11 is 1.46. The molecule has 0 aliphatic heterocycles. The number of amides is 1.